The van der Waals surface area contributed by atoms with Gasteiger partial charge in [-0.2, -0.15) is 0 Å². The summed E-state index contributed by atoms with van der Waals surface area (Å²) in [6.07, 6.45) is 2.16. The van der Waals surface area contributed by atoms with Crippen molar-refractivity contribution in [3.63, 3.8) is 0 Å². The van der Waals surface area contributed by atoms with E-state index in [4.69, 9.17) is 23.2 Å². The average Bonchev–Trinajstić information content (AvgIpc) is 2.01. The minimum atomic E-state index is 0.756. The van der Waals surface area contributed by atoms with Gasteiger partial charge in [-0.05, 0) is 46.7 Å². The highest BCUT2D eigenvalue weighted by Gasteiger charge is 2.04. The van der Waals surface area contributed by atoms with Crippen molar-refractivity contribution in [1.29, 1.82) is 0 Å². The Morgan fingerprint density at radius 1 is 1.25 bits per heavy atom. The highest BCUT2D eigenvalue weighted by molar-refractivity contribution is 14.1. The molecular formula is C9H9Cl2I. The fourth-order valence-corrected chi connectivity index (χ4v) is 1.88. The van der Waals surface area contributed by atoms with E-state index < -0.39 is 0 Å². The standard InChI is InChI=1S/C9H9Cl2I/c1-2-3-6-4-7(10)9(12)8(11)5-6/h4-5H,2-3H2,1H3. The van der Waals surface area contributed by atoms with Crippen molar-refractivity contribution in [2.24, 2.45) is 0 Å². The minimum Gasteiger partial charge on any atom is -0.0831 e. The maximum absolute atomic E-state index is 5.96. The van der Waals surface area contributed by atoms with Crippen LogP contribution in [0.5, 0.6) is 0 Å². The fourth-order valence-electron chi connectivity index (χ4n) is 1.04. The van der Waals surface area contributed by atoms with E-state index in [9.17, 15) is 0 Å². The molecule has 0 fully saturated rings. The van der Waals surface area contributed by atoms with Gasteiger partial charge in [-0.15, -0.1) is 0 Å². The molecule has 0 aliphatic carbocycles. The van der Waals surface area contributed by atoms with Gasteiger partial charge in [-0.3, -0.25) is 0 Å². The molecule has 1 aromatic rings. The fraction of sp³-hybridized carbons (Fsp3) is 0.333. The van der Waals surface area contributed by atoms with Crippen LogP contribution in [-0.4, -0.2) is 0 Å². The van der Waals surface area contributed by atoms with E-state index in [1.54, 1.807) is 0 Å². The van der Waals surface area contributed by atoms with Crippen LogP contribution in [-0.2, 0) is 6.42 Å². The number of benzene rings is 1. The summed E-state index contributed by atoms with van der Waals surface area (Å²) in [6, 6.07) is 3.97. The van der Waals surface area contributed by atoms with Crippen molar-refractivity contribution in [2.45, 2.75) is 19.8 Å². The molecule has 66 valence electrons. The van der Waals surface area contributed by atoms with Crippen LogP contribution in [0.25, 0.3) is 0 Å². The molecule has 0 amide bonds. The molecule has 0 bridgehead atoms. The maximum atomic E-state index is 5.96. The van der Waals surface area contributed by atoms with Crippen molar-refractivity contribution in [3.8, 4) is 0 Å². The van der Waals surface area contributed by atoms with Crippen LogP contribution in [0, 0.1) is 3.57 Å². The largest absolute Gasteiger partial charge is 0.0831 e. The summed E-state index contributed by atoms with van der Waals surface area (Å²) in [4.78, 5) is 0. The molecule has 1 rings (SSSR count). The molecular weight excluding hydrogens is 306 g/mol. The maximum Gasteiger partial charge on any atom is 0.0557 e. The van der Waals surface area contributed by atoms with Crippen LogP contribution in [0.15, 0.2) is 12.1 Å². The molecule has 0 saturated carbocycles. The van der Waals surface area contributed by atoms with E-state index in [0.29, 0.717) is 0 Å². The number of rotatable bonds is 2. The number of hydrogen-bond donors (Lipinski definition) is 0. The minimum absolute atomic E-state index is 0.756. The Morgan fingerprint density at radius 3 is 2.17 bits per heavy atom. The van der Waals surface area contributed by atoms with Gasteiger partial charge >= 0.3 is 0 Å². The third-order valence-electron chi connectivity index (χ3n) is 1.58. The zero-order valence-corrected chi connectivity index (χ0v) is 10.4. The molecule has 0 unspecified atom stereocenters. The first-order valence-corrected chi connectivity index (χ1v) is 5.62. The molecule has 0 spiro atoms. The Bertz CT molecular complexity index is 261. The van der Waals surface area contributed by atoms with Crippen molar-refractivity contribution in [1.82, 2.24) is 0 Å². The van der Waals surface area contributed by atoms with Gasteiger partial charge in [-0.1, -0.05) is 36.5 Å². The number of hydrogen-bond acceptors (Lipinski definition) is 0. The van der Waals surface area contributed by atoms with Crippen LogP contribution in [0.1, 0.15) is 18.9 Å². The summed E-state index contributed by atoms with van der Waals surface area (Å²) < 4.78 is 0.941. The third-order valence-corrected chi connectivity index (χ3v) is 3.98. The van der Waals surface area contributed by atoms with Gasteiger partial charge in [-0.25, -0.2) is 0 Å². The molecule has 0 aliphatic heterocycles. The Morgan fingerprint density at radius 2 is 1.75 bits per heavy atom. The Kier molecular flexibility index (Phi) is 4.14. The van der Waals surface area contributed by atoms with E-state index in [1.807, 2.05) is 12.1 Å². The average molecular weight is 315 g/mol. The summed E-state index contributed by atoms with van der Waals surface area (Å²) in [6.45, 7) is 2.14. The van der Waals surface area contributed by atoms with Gasteiger partial charge in [0.25, 0.3) is 0 Å². The van der Waals surface area contributed by atoms with Crippen LogP contribution in [0.2, 0.25) is 10.0 Å². The predicted molar refractivity (Wildman–Crippen MR) is 63.2 cm³/mol. The summed E-state index contributed by atoms with van der Waals surface area (Å²) in [5.41, 5.74) is 1.22. The molecule has 0 saturated heterocycles. The zero-order chi connectivity index (χ0) is 9.14. The van der Waals surface area contributed by atoms with E-state index in [1.165, 1.54) is 5.56 Å². The second kappa shape index (κ2) is 4.68. The first-order valence-electron chi connectivity index (χ1n) is 3.78. The molecule has 0 aromatic heterocycles. The Hall–Kier alpha value is 0.530. The molecule has 0 atom stereocenters. The van der Waals surface area contributed by atoms with Crippen LogP contribution in [0.3, 0.4) is 0 Å². The Balaban J connectivity index is 3.04. The first kappa shape index (κ1) is 10.6. The molecule has 0 radical (unpaired) electrons. The van der Waals surface area contributed by atoms with Crippen molar-refractivity contribution < 1.29 is 0 Å². The molecule has 12 heavy (non-hydrogen) atoms. The van der Waals surface area contributed by atoms with Gasteiger partial charge in [0.15, 0.2) is 0 Å². The SMILES string of the molecule is CCCc1cc(Cl)c(I)c(Cl)c1. The van der Waals surface area contributed by atoms with Gasteiger partial charge in [0.05, 0.1) is 13.6 Å². The second-order valence-corrected chi connectivity index (χ2v) is 4.52. The number of aryl methyl sites for hydroxylation is 1. The van der Waals surface area contributed by atoms with Crippen molar-refractivity contribution in [3.05, 3.63) is 31.3 Å². The first-order chi connectivity index (χ1) is 5.65. The molecule has 0 aliphatic rings. The smallest absolute Gasteiger partial charge is 0.0557 e. The summed E-state index contributed by atoms with van der Waals surface area (Å²) in [7, 11) is 0. The second-order valence-electron chi connectivity index (χ2n) is 2.62. The van der Waals surface area contributed by atoms with Crippen LogP contribution >= 0.6 is 45.8 Å². The lowest BCUT2D eigenvalue weighted by molar-refractivity contribution is 0.921. The van der Waals surface area contributed by atoms with Crippen LogP contribution in [0.4, 0.5) is 0 Å². The lowest BCUT2D eigenvalue weighted by Crippen LogP contribution is -1.86. The van der Waals surface area contributed by atoms with Gasteiger partial charge in [0.1, 0.15) is 0 Å². The quantitative estimate of drug-likeness (QED) is 0.555. The van der Waals surface area contributed by atoms with E-state index in [2.05, 4.69) is 29.5 Å². The van der Waals surface area contributed by atoms with E-state index >= 15 is 0 Å². The molecule has 3 heteroatoms. The molecule has 0 N–H and O–H groups in total. The van der Waals surface area contributed by atoms with Crippen molar-refractivity contribution in [2.75, 3.05) is 0 Å². The lowest BCUT2D eigenvalue weighted by Gasteiger charge is -2.03. The summed E-state index contributed by atoms with van der Waals surface area (Å²) in [5, 5.41) is 1.51. The summed E-state index contributed by atoms with van der Waals surface area (Å²) >= 11 is 14.1. The molecule has 1 aromatic carbocycles. The highest BCUT2D eigenvalue weighted by atomic mass is 127. The monoisotopic (exact) mass is 314 g/mol. The van der Waals surface area contributed by atoms with Gasteiger partial charge < -0.3 is 0 Å². The van der Waals surface area contributed by atoms with Gasteiger partial charge in [0.2, 0.25) is 0 Å². The van der Waals surface area contributed by atoms with E-state index in [0.717, 1.165) is 26.5 Å². The molecule has 0 heterocycles. The molecule has 0 nitrogen and oxygen atoms in total. The zero-order valence-electron chi connectivity index (χ0n) is 6.70. The van der Waals surface area contributed by atoms with E-state index in [-0.39, 0.29) is 0 Å². The highest BCUT2D eigenvalue weighted by Crippen LogP contribution is 2.28. The topological polar surface area (TPSA) is 0 Å². The summed E-state index contributed by atoms with van der Waals surface area (Å²) in [5.74, 6) is 0. The third kappa shape index (κ3) is 2.51. The van der Waals surface area contributed by atoms with Crippen LogP contribution < -0.4 is 0 Å². The normalized spacial score (nSPS) is 10.3. The van der Waals surface area contributed by atoms with Gasteiger partial charge in [0, 0.05) is 0 Å². The Labute approximate surface area is 96.4 Å². The number of halogens is 3. The lowest BCUT2D eigenvalue weighted by atomic mass is 10.1. The van der Waals surface area contributed by atoms with Crippen molar-refractivity contribution >= 4 is 45.8 Å². The predicted octanol–water partition coefficient (Wildman–Crippen LogP) is 4.55.